The molecule has 2 heterocycles. The maximum atomic E-state index is 15.1. The van der Waals surface area contributed by atoms with E-state index < -0.39 is 27.8 Å². The number of alkyl halides is 3. The van der Waals surface area contributed by atoms with E-state index in [1.807, 2.05) is 18.6 Å². The zero-order valence-corrected chi connectivity index (χ0v) is 20.7. The van der Waals surface area contributed by atoms with Gasteiger partial charge in [0.1, 0.15) is 11.1 Å². The van der Waals surface area contributed by atoms with Crippen molar-refractivity contribution in [3.63, 3.8) is 0 Å². The van der Waals surface area contributed by atoms with Crippen molar-refractivity contribution in [2.24, 2.45) is 12.0 Å². The van der Waals surface area contributed by atoms with Crippen LogP contribution in [0.5, 0.6) is 11.5 Å². The molecule has 1 N–H and O–H groups in total. The Balaban J connectivity index is 1.89. The van der Waals surface area contributed by atoms with E-state index in [4.69, 9.17) is 4.74 Å². The van der Waals surface area contributed by atoms with Gasteiger partial charge in [0, 0.05) is 35.3 Å². The number of sulfonamides is 1. The zero-order chi connectivity index (χ0) is 27.1. The molecular weight excluding hydrogens is 514 g/mol. The first-order chi connectivity index (χ1) is 17.3. The number of pyridine rings is 1. The van der Waals surface area contributed by atoms with Crippen LogP contribution >= 0.6 is 0 Å². The standard InChI is InChI=1S/C25H22F4N3O4S/c1-14(2)16-5-4-6-21(22(16)26)36-20-8-7-15(31-37(34,35)13-25(27,28)29)11-18(20)19-12-32(3)24(33)23-17(19)9-10-30-23/h4-12,14,31H,13H2,1-3H3. The summed E-state index contributed by atoms with van der Waals surface area (Å²) >= 11 is 0. The number of rotatable bonds is 7. The molecule has 37 heavy (non-hydrogen) atoms. The van der Waals surface area contributed by atoms with Gasteiger partial charge in [-0.2, -0.15) is 13.2 Å². The van der Waals surface area contributed by atoms with E-state index in [1.54, 1.807) is 18.2 Å². The van der Waals surface area contributed by atoms with Gasteiger partial charge in [-0.15, -0.1) is 0 Å². The van der Waals surface area contributed by atoms with Crippen molar-refractivity contribution in [1.29, 1.82) is 0 Å². The Bertz CT molecular complexity index is 1660. The molecule has 0 saturated carbocycles. The van der Waals surface area contributed by atoms with Gasteiger partial charge in [-0.25, -0.2) is 12.8 Å². The number of hydrogen-bond acceptors (Lipinski definition) is 5. The first-order valence-electron chi connectivity index (χ1n) is 11.0. The maximum Gasteiger partial charge on any atom is 0.404 e. The number of nitrogens with zero attached hydrogens (tertiary/aromatic N) is 2. The molecule has 1 aromatic heterocycles. The van der Waals surface area contributed by atoms with Crippen LogP contribution in [0.25, 0.3) is 17.2 Å². The minimum absolute atomic E-state index is 0.0831. The number of nitrogens with one attached hydrogen (secondary N) is 1. The summed E-state index contributed by atoms with van der Waals surface area (Å²) < 4.78 is 86.6. The highest BCUT2D eigenvalue weighted by Gasteiger charge is 2.35. The van der Waals surface area contributed by atoms with Crippen LogP contribution in [0.1, 0.15) is 25.3 Å². The third kappa shape index (κ3) is 5.68. The Kier molecular flexibility index (Phi) is 6.89. The Morgan fingerprint density at radius 1 is 1.11 bits per heavy atom. The summed E-state index contributed by atoms with van der Waals surface area (Å²) in [5.74, 6) is -2.80. The summed E-state index contributed by atoms with van der Waals surface area (Å²) in [4.78, 5) is 16.6. The van der Waals surface area contributed by atoms with Gasteiger partial charge in [-0.3, -0.25) is 14.5 Å². The van der Waals surface area contributed by atoms with Crippen molar-refractivity contribution in [2.45, 2.75) is 25.9 Å². The average Bonchev–Trinajstić information content (AvgIpc) is 3.27. The van der Waals surface area contributed by atoms with Crippen LogP contribution in [0, 0.1) is 12.4 Å². The highest BCUT2D eigenvalue weighted by atomic mass is 32.2. The molecular formula is C25H22F4N3O4S. The number of hydrogen-bond donors (Lipinski definition) is 1. The first kappa shape index (κ1) is 26.4. The Labute approximate surface area is 209 Å². The number of fused-ring (bicyclic) bond motifs is 1. The topological polar surface area (TPSA) is 89.8 Å². The molecule has 0 spiro atoms. The monoisotopic (exact) mass is 536 g/mol. The fourth-order valence-corrected chi connectivity index (χ4v) is 4.91. The smallest absolute Gasteiger partial charge is 0.404 e. The van der Waals surface area contributed by atoms with Crippen molar-refractivity contribution in [2.75, 3.05) is 10.5 Å². The van der Waals surface area contributed by atoms with E-state index in [1.165, 1.54) is 48.6 Å². The second-order valence-corrected chi connectivity index (χ2v) is 10.5. The van der Waals surface area contributed by atoms with Gasteiger partial charge in [0.05, 0.1) is 6.54 Å². The van der Waals surface area contributed by atoms with Crippen molar-refractivity contribution >= 4 is 21.8 Å². The quantitative estimate of drug-likeness (QED) is 0.463. The summed E-state index contributed by atoms with van der Waals surface area (Å²) in [6.45, 7) is 5.05. The number of ether oxygens (including phenoxy) is 1. The molecule has 0 saturated heterocycles. The molecule has 0 amide bonds. The molecule has 0 bridgehead atoms. The van der Waals surface area contributed by atoms with Crippen molar-refractivity contribution in [3.05, 3.63) is 81.5 Å². The number of benzene rings is 2. The van der Waals surface area contributed by atoms with Crippen LogP contribution in [0.15, 0.2) is 52.4 Å². The Morgan fingerprint density at radius 2 is 1.84 bits per heavy atom. The van der Waals surface area contributed by atoms with Gasteiger partial charge < -0.3 is 9.30 Å². The SMILES string of the molecule is CC(C)c1cccc(Oc2ccc(NS(=O)(=O)CC(F)(F)F)cc2-c2cn(C)c(=O)c3c2=C[CH]N=3)c1F. The molecule has 0 atom stereocenters. The van der Waals surface area contributed by atoms with Crippen LogP contribution in [-0.4, -0.2) is 24.9 Å². The van der Waals surface area contributed by atoms with E-state index >= 15 is 4.39 Å². The Morgan fingerprint density at radius 3 is 2.51 bits per heavy atom. The summed E-state index contributed by atoms with van der Waals surface area (Å²) in [5.41, 5.74) is 0.436. The molecule has 0 aliphatic carbocycles. The van der Waals surface area contributed by atoms with Gasteiger partial charge >= 0.3 is 6.18 Å². The second kappa shape index (κ2) is 9.66. The predicted molar refractivity (Wildman–Crippen MR) is 131 cm³/mol. The van der Waals surface area contributed by atoms with E-state index in [0.717, 1.165) is 0 Å². The molecule has 1 aliphatic heterocycles. The molecule has 3 aromatic rings. The van der Waals surface area contributed by atoms with Crippen LogP contribution in [0.3, 0.4) is 0 Å². The number of halogens is 4. The number of aromatic nitrogens is 1. The molecule has 4 rings (SSSR count). The van der Waals surface area contributed by atoms with Crippen LogP contribution < -0.4 is 25.6 Å². The minimum atomic E-state index is -4.94. The Hall–Kier alpha value is -3.67. The van der Waals surface area contributed by atoms with E-state index in [2.05, 4.69) is 4.99 Å². The normalized spacial score (nSPS) is 13.2. The van der Waals surface area contributed by atoms with Crippen LogP contribution in [-0.2, 0) is 17.1 Å². The number of anilines is 1. The van der Waals surface area contributed by atoms with Gasteiger partial charge in [-0.05, 0) is 41.8 Å². The van der Waals surface area contributed by atoms with Gasteiger partial charge in [0.2, 0.25) is 10.0 Å². The van der Waals surface area contributed by atoms with Crippen molar-refractivity contribution < 1.29 is 30.7 Å². The molecule has 1 aliphatic rings. The fraction of sp³-hybridized carbons (Fsp3) is 0.240. The van der Waals surface area contributed by atoms with Crippen LogP contribution in [0.4, 0.5) is 23.2 Å². The lowest BCUT2D eigenvalue weighted by Gasteiger charge is -2.17. The molecule has 0 fully saturated rings. The van der Waals surface area contributed by atoms with E-state index in [9.17, 15) is 26.4 Å². The zero-order valence-electron chi connectivity index (χ0n) is 19.9. The molecule has 2 aromatic carbocycles. The minimum Gasteiger partial charge on any atom is -0.454 e. The maximum absolute atomic E-state index is 15.1. The third-order valence-electron chi connectivity index (χ3n) is 5.57. The predicted octanol–water partition coefficient (Wildman–Crippen LogP) is 3.99. The van der Waals surface area contributed by atoms with Gasteiger partial charge in [-0.1, -0.05) is 26.0 Å². The first-order valence-corrected chi connectivity index (χ1v) is 12.7. The lowest BCUT2D eigenvalue weighted by molar-refractivity contribution is -0.106. The summed E-state index contributed by atoms with van der Waals surface area (Å²) in [6.07, 6.45) is -1.92. The summed E-state index contributed by atoms with van der Waals surface area (Å²) in [5, 5.41) is 0.529. The molecule has 12 heteroatoms. The van der Waals surface area contributed by atoms with Gasteiger partial charge in [0.15, 0.2) is 17.3 Å². The lowest BCUT2D eigenvalue weighted by Crippen LogP contribution is -2.43. The van der Waals surface area contributed by atoms with E-state index in [0.29, 0.717) is 16.3 Å². The third-order valence-corrected chi connectivity index (χ3v) is 6.82. The molecule has 195 valence electrons. The van der Waals surface area contributed by atoms with E-state index in [-0.39, 0.29) is 39.6 Å². The summed E-state index contributed by atoms with van der Waals surface area (Å²) in [7, 11) is -3.29. The second-order valence-electron chi connectivity index (χ2n) is 8.77. The molecule has 1 radical (unpaired) electrons. The van der Waals surface area contributed by atoms with Gasteiger partial charge in [0.25, 0.3) is 5.56 Å². The largest absolute Gasteiger partial charge is 0.454 e. The number of aryl methyl sites for hydroxylation is 1. The molecule has 0 unspecified atom stereocenters. The highest BCUT2D eigenvalue weighted by molar-refractivity contribution is 7.92. The lowest BCUT2D eigenvalue weighted by atomic mass is 10.0. The van der Waals surface area contributed by atoms with Crippen molar-refractivity contribution in [1.82, 2.24) is 4.57 Å². The van der Waals surface area contributed by atoms with Crippen molar-refractivity contribution in [3.8, 4) is 22.6 Å². The van der Waals surface area contributed by atoms with Crippen LogP contribution in [0.2, 0.25) is 0 Å². The molecule has 7 nitrogen and oxygen atoms in total. The highest BCUT2D eigenvalue weighted by Crippen LogP contribution is 2.37. The fourth-order valence-electron chi connectivity index (χ4n) is 3.92. The summed E-state index contributed by atoms with van der Waals surface area (Å²) in [6, 6.07) is 8.46. The average molecular weight is 537 g/mol.